The standard InChI is InChI=1S/C18H18FN3O3/c1-18(24,16-4-3-9-25-16)11-20-17(23)15-10-14(21-22(15)2)12-5-7-13(19)8-6-12/h3-10,24H,11H2,1-2H3,(H,20,23)/t18-/m1/s1. The maximum absolute atomic E-state index is 13.0. The molecule has 0 radical (unpaired) electrons. The molecule has 0 unspecified atom stereocenters. The van der Waals surface area contributed by atoms with Crippen molar-refractivity contribution in [2.45, 2.75) is 12.5 Å². The van der Waals surface area contributed by atoms with Crippen molar-refractivity contribution in [3.63, 3.8) is 0 Å². The van der Waals surface area contributed by atoms with Crippen LogP contribution in [0.2, 0.25) is 0 Å². The van der Waals surface area contributed by atoms with Crippen LogP contribution >= 0.6 is 0 Å². The number of aliphatic hydroxyl groups is 1. The van der Waals surface area contributed by atoms with E-state index in [1.54, 1.807) is 44.3 Å². The molecule has 0 saturated carbocycles. The van der Waals surface area contributed by atoms with E-state index in [0.29, 0.717) is 22.7 Å². The van der Waals surface area contributed by atoms with Gasteiger partial charge in [0.2, 0.25) is 0 Å². The lowest BCUT2D eigenvalue weighted by Gasteiger charge is -2.21. The van der Waals surface area contributed by atoms with E-state index in [9.17, 15) is 14.3 Å². The number of halogens is 1. The van der Waals surface area contributed by atoms with E-state index < -0.39 is 5.60 Å². The number of carbonyl (C=O) groups is 1. The van der Waals surface area contributed by atoms with Crippen LogP contribution in [-0.4, -0.2) is 27.3 Å². The molecule has 1 atom stereocenters. The van der Waals surface area contributed by atoms with Crippen molar-refractivity contribution in [3.8, 4) is 11.3 Å². The molecule has 2 heterocycles. The van der Waals surface area contributed by atoms with Crippen molar-refractivity contribution in [3.05, 3.63) is 66.0 Å². The van der Waals surface area contributed by atoms with Crippen LogP contribution in [0.1, 0.15) is 23.2 Å². The first-order chi connectivity index (χ1) is 11.9. The zero-order valence-electron chi connectivity index (χ0n) is 13.9. The van der Waals surface area contributed by atoms with Crippen LogP contribution in [0, 0.1) is 5.82 Å². The summed E-state index contributed by atoms with van der Waals surface area (Å²) in [4.78, 5) is 12.4. The van der Waals surface area contributed by atoms with Gasteiger partial charge in [-0.2, -0.15) is 5.10 Å². The zero-order chi connectivity index (χ0) is 18.0. The number of hydrogen-bond acceptors (Lipinski definition) is 4. The molecule has 2 N–H and O–H groups in total. The molecule has 3 aromatic rings. The number of rotatable bonds is 5. The fourth-order valence-corrected chi connectivity index (χ4v) is 2.46. The third-order valence-corrected chi connectivity index (χ3v) is 3.90. The Morgan fingerprint density at radius 2 is 2.08 bits per heavy atom. The molecule has 0 bridgehead atoms. The molecule has 130 valence electrons. The number of carbonyl (C=O) groups excluding carboxylic acids is 1. The molecule has 1 amide bonds. The van der Waals surface area contributed by atoms with Crippen LogP contribution in [0.3, 0.4) is 0 Å². The van der Waals surface area contributed by atoms with Crippen molar-refractivity contribution in [1.29, 1.82) is 0 Å². The number of amides is 1. The fraction of sp³-hybridized carbons (Fsp3) is 0.222. The predicted molar refractivity (Wildman–Crippen MR) is 89.2 cm³/mol. The van der Waals surface area contributed by atoms with Gasteiger partial charge in [0.25, 0.3) is 5.91 Å². The summed E-state index contributed by atoms with van der Waals surface area (Å²) in [6.45, 7) is 1.54. The average molecular weight is 343 g/mol. The summed E-state index contributed by atoms with van der Waals surface area (Å²) in [5.41, 5.74) is 0.274. The summed E-state index contributed by atoms with van der Waals surface area (Å²) in [5.74, 6) is -0.349. The van der Waals surface area contributed by atoms with E-state index >= 15 is 0 Å². The number of furan rings is 1. The number of nitrogens with zero attached hydrogens (tertiary/aromatic N) is 2. The van der Waals surface area contributed by atoms with Crippen molar-refractivity contribution in [2.24, 2.45) is 7.05 Å². The Hall–Kier alpha value is -2.93. The van der Waals surface area contributed by atoms with Crippen molar-refractivity contribution in [1.82, 2.24) is 15.1 Å². The summed E-state index contributed by atoms with van der Waals surface area (Å²) >= 11 is 0. The highest BCUT2D eigenvalue weighted by atomic mass is 19.1. The molecule has 1 aromatic carbocycles. The normalized spacial score (nSPS) is 13.4. The Labute approximate surface area is 143 Å². The summed E-state index contributed by atoms with van der Waals surface area (Å²) in [6, 6.07) is 10.8. The number of aromatic nitrogens is 2. The van der Waals surface area contributed by atoms with Gasteiger partial charge in [-0.15, -0.1) is 0 Å². The molecular weight excluding hydrogens is 325 g/mol. The first-order valence-electron chi connectivity index (χ1n) is 7.71. The first-order valence-corrected chi connectivity index (χ1v) is 7.71. The van der Waals surface area contributed by atoms with Crippen LogP contribution in [0.5, 0.6) is 0 Å². The molecule has 6 nitrogen and oxygen atoms in total. The van der Waals surface area contributed by atoms with Crippen LogP contribution in [-0.2, 0) is 12.6 Å². The quantitative estimate of drug-likeness (QED) is 0.746. The average Bonchev–Trinajstić information content (AvgIpc) is 3.23. The van der Waals surface area contributed by atoms with E-state index in [0.717, 1.165) is 0 Å². The Bertz CT molecular complexity index is 868. The fourth-order valence-electron chi connectivity index (χ4n) is 2.46. The van der Waals surface area contributed by atoms with Gasteiger partial charge in [0.05, 0.1) is 18.5 Å². The molecule has 2 aromatic heterocycles. The van der Waals surface area contributed by atoms with Crippen LogP contribution in [0.4, 0.5) is 4.39 Å². The summed E-state index contributed by atoms with van der Waals surface area (Å²) < 4.78 is 19.6. The topological polar surface area (TPSA) is 80.3 Å². The van der Waals surface area contributed by atoms with Gasteiger partial charge in [0, 0.05) is 12.6 Å². The van der Waals surface area contributed by atoms with Gasteiger partial charge in [-0.1, -0.05) is 0 Å². The second-order valence-electron chi connectivity index (χ2n) is 5.98. The summed E-state index contributed by atoms with van der Waals surface area (Å²) in [5, 5.41) is 17.3. The third-order valence-electron chi connectivity index (χ3n) is 3.90. The minimum Gasteiger partial charge on any atom is -0.466 e. The van der Waals surface area contributed by atoms with Crippen molar-refractivity contribution in [2.75, 3.05) is 6.54 Å². The van der Waals surface area contributed by atoms with E-state index in [4.69, 9.17) is 4.42 Å². The van der Waals surface area contributed by atoms with Gasteiger partial charge >= 0.3 is 0 Å². The van der Waals surface area contributed by atoms with Gasteiger partial charge in [0.15, 0.2) is 0 Å². The third kappa shape index (κ3) is 3.61. The molecule has 0 aliphatic heterocycles. The van der Waals surface area contributed by atoms with E-state index in [1.807, 2.05) is 0 Å². The lowest BCUT2D eigenvalue weighted by molar-refractivity contribution is 0.0328. The molecule has 0 aliphatic rings. The minimum atomic E-state index is -1.32. The Kier molecular flexibility index (Phi) is 4.41. The SMILES string of the molecule is Cn1nc(-c2ccc(F)cc2)cc1C(=O)NC[C@@](C)(O)c1ccco1. The van der Waals surface area contributed by atoms with Gasteiger partial charge in [-0.05, 0) is 49.4 Å². The molecule has 25 heavy (non-hydrogen) atoms. The molecule has 3 rings (SSSR count). The largest absolute Gasteiger partial charge is 0.466 e. The molecule has 0 fully saturated rings. The Balaban J connectivity index is 1.73. The molecule has 0 saturated heterocycles. The lowest BCUT2D eigenvalue weighted by Crippen LogP contribution is -2.39. The highest BCUT2D eigenvalue weighted by molar-refractivity contribution is 5.93. The molecule has 7 heteroatoms. The van der Waals surface area contributed by atoms with Crippen LogP contribution in [0.15, 0.2) is 53.1 Å². The van der Waals surface area contributed by atoms with Gasteiger partial charge in [0.1, 0.15) is 22.9 Å². The molecule has 0 spiro atoms. The number of aryl methyl sites for hydroxylation is 1. The lowest BCUT2D eigenvalue weighted by atomic mass is 10.0. The number of nitrogens with one attached hydrogen (secondary N) is 1. The molecular formula is C18H18FN3O3. The maximum Gasteiger partial charge on any atom is 0.269 e. The van der Waals surface area contributed by atoms with Crippen LogP contribution in [0.25, 0.3) is 11.3 Å². The second kappa shape index (κ2) is 6.52. The minimum absolute atomic E-state index is 0.0175. The number of hydrogen-bond donors (Lipinski definition) is 2. The van der Waals surface area contributed by atoms with Crippen LogP contribution < -0.4 is 5.32 Å². The smallest absolute Gasteiger partial charge is 0.269 e. The van der Waals surface area contributed by atoms with Crippen molar-refractivity contribution < 1.29 is 18.7 Å². The van der Waals surface area contributed by atoms with E-state index in [1.165, 1.54) is 23.1 Å². The Morgan fingerprint density at radius 3 is 2.72 bits per heavy atom. The monoisotopic (exact) mass is 343 g/mol. The predicted octanol–water partition coefficient (Wildman–Crippen LogP) is 2.46. The van der Waals surface area contributed by atoms with Gasteiger partial charge < -0.3 is 14.8 Å². The maximum atomic E-state index is 13.0. The van der Waals surface area contributed by atoms with Gasteiger partial charge in [-0.3, -0.25) is 9.48 Å². The first kappa shape index (κ1) is 16.9. The Morgan fingerprint density at radius 1 is 1.36 bits per heavy atom. The highest BCUT2D eigenvalue weighted by Gasteiger charge is 2.27. The zero-order valence-corrected chi connectivity index (χ0v) is 13.9. The summed E-state index contributed by atoms with van der Waals surface area (Å²) in [6.07, 6.45) is 1.46. The van der Waals surface area contributed by atoms with E-state index in [-0.39, 0.29) is 18.3 Å². The van der Waals surface area contributed by atoms with Crippen molar-refractivity contribution >= 4 is 5.91 Å². The second-order valence-corrected chi connectivity index (χ2v) is 5.98. The molecule has 0 aliphatic carbocycles. The number of benzene rings is 1. The highest BCUT2D eigenvalue weighted by Crippen LogP contribution is 2.21. The van der Waals surface area contributed by atoms with E-state index in [2.05, 4.69) is 10.4 Å². The summed E-state index contributed by atoms with van der Waals surface area (Å²) in [7, 11) is 1.65. The van der Waals surface area contributed by atoms with Gasteiger partial charge in [-0.25, -0.2) is 4.39 Å².